The Hall–Kier alpha value is -5.30. The minimum absolute atomic E-state index is 0.0474. The largest absolute Gasteiger partial charge is 0.494 e. The van der Waals surface area contributed by atoms with Crippen LogP contribution in [0.4, 0.5) is 26.0 Å². The van der Waals surface area contributed by atoms with Crippen molar-refractivity contribution in [3.63, 3.8) is 0 Å². The number of aryl methyl sites for hydroxylation is 1. The third kappa shape index (κ3) is 6.07. The second-order valence-electron chi connectivity index (χ2n) is 10.7. The van der Waals surface area contributed by atoms with Crippen LogP contribution < -0.4 is 24.8 Å². The second-order valence-corrected chi connectivity index (χ2v) is 10.7. The molecule has 1 aliphatic rings. The average Bonchev–Trinajstić information content (AvgIpc) is 3.62. The third-order valence-corrected chi connectivity index (χ3v) is 7.77. The highest BCUT2D eigenvalue weighted by Gasteiger charge is 2.23. The Morgan fingerprint density at radius 1 is 0.978 bits per heavy atom. The number of fused-ring (bicyclic) bond motifs is 2. The number of amides is 1. The van der Waals surface area contributed by atoms with E-state index in [-0.39, 0.29) is 40.5 Å². The van der Waals surface area contributed by atoms with Crippen LogP contribution in [0.25, 0.3) is 21.9 Å². The first-order chi connectivity index (χ1) is 21.7. The lowest BCUT2D eigenvalue weighted by Gasteiger charge is -2.17. The quantitative estimate of drug-likeness (QED) is 0.190. The van der Waals surface area contributed by atoms with E-state index < -0.39 is 17.6 Å². The van der Waals surface area contributed by atoms with E-state index in [1.165, 1.54) is 38.8 Å². The van der Waals surface area contributed by atoms with E-state index in [9.17, 15) is 9.18 Å². The van der Waals surface area contributed by atoms with Crippen molar-refractivity contribution in [3.8, 4) is 23.0 Å². The van der Waals surface area contributed by atoms with Crippen LogP contribution in [0.3, 0.4) is 0 Å². The van der Waals surface area contributed by atoms with Gasteiger partial charge in [-0.05, 0) is 50.7 Å². The molecule has 5 aromatic rings. The van der Waals surface area contributed by atoms with Gasteiger partial charge >= 0.3 is 0 Å². The number of benzene rings is 3. The highest BCUT2D eigenvalue weighted by Crippen LogP contribution is 2.39. The van der Waals surface area contributed by atoms with Gasteiger partial charge in [0.1, 0.15) is 29.4 Å². The molecule has 3 heterocycles. The van der Waals surface area contributed by atoms with Gasteiger partial charge in [-0.15, -0.1) is 0 Å². The molecule has 1 atom stereocenters. The number of aromatic nitrogens is 4. The van der Waals surface area contributed by atoms with Gasteiger partial charge in [-0.3, -0.25) is 9.69 Å². The van der Waals surface area contributed by atoms with Crippen molar-refractivity contribution in [1.29, 1.82) is 0 Å². The van der Waals surface area contributed by atoms with E-state index >= 15 is 4.39 Å². The number of imidazole rings is 1. The first-order valence-electron chi connectivity index (χ1n) is 14.2. The Morgan fingerprint density at radius 3 is 2.53 bits per heavy atom. The third-order valence-electron chi connectivity index (χ3n) is 7.77. The number of nitrogens with zero attached hydrogens (tertiary/aromatic N) is 5. The minimum atomic E-state index is -0.902. The summed E-state index contributed by atoms with van der Waals surface area (Å²) in [5.41, 5.74) is 2.57. The summed E-state index contributed by atoms with van der Waals surface area (Å²) >= 11 is 0. The fraction of sp³-hybridized carbons (Fsp3) is 0.250. The highest BCUT2D eigenvalue weighted by atomic mass is 19.1. The summed E-state index contributed by atoms with van der Waals surface area (Å²) < 4.78 is 48.9. The fourth-order valence-corrected chi connectivity index (χ4v) is 5.34. The molecule has 0 spiro atoms. The Balaban J connectivity index is 1.28. The molecule has 0 bridgehead atoms. The number of nitrogens with one attached hydrogen (secondary N) is 2. The number of hydrogen-bond acceptors (Lipinski definition) is 9. The van der Waals surface area contributed by atoms with Crippen molar-refractivity contribution >= 4 is 45.0 Å². The standard InChI is InChI=1S/C32H31F2N7O4/c1-40-9-5-6-18(40)10-22(34)32(42)39-25-12-20-23(14-29(25)43-3)35-16-36-31(20)38-26-13-21(33)28(15-30(26)44-4)45-19-7-8-27-24(11-19)37-17-41(27)2/h7-8,10-18H,5-6,9H2,1-4H3,(H,39,42)(H,35,36,38)/b22-10+/t18-/m1/s1. The smallest absolute Gasteiger partial charge is 0.284 e. The van der Waals surface area contributed by atoms with Gasteiger partial charge in [-0.25, -0.2) is 23.7 Å². The van der Waals surface area contributed by atoms with E-state index in [1.54, 1.807) is 30.6 Å². The van der Waals surface area contributed by atoms with Crippen molar-refractivity contribution in [2.24, 2.45) is 7.05 Å². The number of halogens is 2. The summed E-state index contributed by atoms with van der Waals surface area (Å²) in [6, 6.07) is 11.0. The molecule has 2 aromatic heterocycles. The molecule has 45 heavy (non-hydrogen) atoms. The molecule has 2 N–H and O–H groups in total. The Bertz CT molecular complexity index is 1940. The van der Waals surface area contributed by atoms with Crippen molar-refractivity contribution in [2.75, 3.05) is 38.4 Å². The summed E-state index contributed by atoms with van der Waals surface area (Å²) in [6.07, 6.45) is 6.07. The molecule has 0 aliphatic carbocycles. The van der Waals surface area contributed by atoms with Gasteiger partial charge in [0.2, 0.25) is 0 Å². The van der Waals surface area contributed by atoms with Gasteiger partial charge in [-0.2, -0.15) is 0 Å². The molecule has 6 rings (SSSR count). The van der Waals surface area contributed by atoms with Crippen molar-refractivity contribution in [3.05, 3.63) is 72.8 Å². The van der Waals surface area contributed by atoms with E-state index in [4.69, 9.17) is 14.2 Å². The number of carbonyl (C=O) groups is 1. The number of methoxy groups -OCH3 is 2. The summed E-state index contributed by atoms with van der Waals surface area (Å²) in [5, 5.41) is 6.14. The number of hydrogen-bond donors (Lipinski definition) is 2. The Kier molecular flexibility index (Phi) is 8.18. The summed E-state index contributed by atoms with van der Waals surface area (Å²) in [7, 11) is 6.66. The average molecular weight is 616 g/mol. The fourth-order valence-electron chi connectivity index (χ4n) is 5.34. The number of anilines is 3. The van der Waals surface area contributed by atoms with Crippen LogP contribution in [-0.2, 0) is 11.8 Å². The lowest BCUT2D eigenvalue weighted by Crippen LogP contribution is -2.24. The molecule has 13 heteroatoms. The molecule has 1 amide bonds. The molecule has 0 saturated carbocycles. The molecule has 0 radical (unpaired) electrons. The number of carbonyl (C=O) groups excluding carboxylic acids is 1. The monoisotopic (exact) mass is 615 g/mol. The van der Waals surface area contributed by atoms with Gasteiger partial charge < -0.3 is 29.4 Å². The molecule has 1 saturated heterocycles. The molecule has 1 fully saturated rings. The number of ether oxygens (including phenoxy) is 3. The van der Waals surface area contributed by atoms with Gasteiger partial charge in [0.05, 0.1) is 48.5 Å². The maximum absolute atomic E-state index is 15.4. The van der Waals surface area contributed by atoms with Gasteiger partial charge in [0, 0.05) is 42.7 Å². The molecule has 0 unspecified atom stereocenters. The maximum Gasteiger partial charge on any atom is 0.284 e. The van der Waals surface area contributed by atoms with Crippen LogP contribution in [0.15, 0.2) is 67.0 Å². The summed E-state index contributed by atoms with van der Waals surface area (Å²) in [6.45, 7) is 0.844. The lowest BCUT2D eigenvalue weighted by molar-refractivity contribution is -0.114. The van der Waals surface area contributed by atoms with Crippen LogP contribution in [0.2, 0.25) is 0 Å². The van der Waals surface area contributed by atoms with Crippen molar-refractivity contribution in [1.82, 2.24) is 24.4 Å². The van der Waals surface area contributed by atoms with Crippen LogP contribution in [0.1, 0.15) is 12.8 Å². The zero-order valence-electron chi connectivity index (χ0n) is 25.1. The first kappa shape index (κ1) is 29.8. The molecule has 232 valence electrons. The van der Waals surface area contributed by atoms with Crippen molar-refractivity contribution < 1.29 is 27.8 Å². The predicted molar refractivity (Wildman–Crippen MR) is 167 cm³/mol. The van der Waals surface area contributed by atoms with E-state index in [1.807, 2.05) is 29.6 Å². The minimum Gasteiger partial charge on any atom is -0.494 e. The van der Waals surface area contributed by atoms with Crippen LogP contribution in [-0.4, -0.2) is 64.2 Å². The van der Waals surface area contributed by atoms with Gasteiger partial charge in [0.25, 0.3) is 5.91 Å². The van der Waals surface area contributed by atoms with Gasteiger partial charge in [-0.1, -0.05) is 0 Å². The molecule has 3 aromatic carbocycles. The molecule has 1 aliphatic heterocycles. The Labute approximate surface area is 257 Å². The van der Waals surface area contributed by atoms with Crippen LogP contribution in [0, 0.1) is 5.82 Å². The van der Waals surface area contributed by atoms with Crippen molar-refractivity contribution in [2.45, 2.75) is 18.9 Å². The topological polar surface area (TPSA) is 116 Å². The number of rotatable bonds is 9. The predicted octanol–water partition coefficient (Wildman–Crippen LogP) is 6.09. The van der Waals surface area contributed by atoms with Crippen LogP contribution in [0.5, 0.6) is 23.0 Å². The van der Waals surface area contributed by atoms with E-state index in [0.29, 0.717) is 22.2 Å². The zero-order valence-corrected chi connectivity index (χ0v) is 25.1. The molecule has 11 nitrogen and oxygen atoms in total. The second kappa shape index (κ2) is 12.4. The lowest BCUT2D eigenvalue weighted by atomic mass is 10.1. The SMILES string of the molecule is COc1cc2ncnc(Nc3cc(F)c(Oc4ccc5c(c4)ncn5C)cc3OC)c2cc1NC(=O)/C(F)=C\[C@H]1CCCN1C. The van der Waals surface area contributed by atoms with Gasteiger partial charge in [0.15, 0.2) is 17.4 Å². The maximum atomic E-state index is 15.4. The highest BCUT2D eigenvalue weighted by molar-refractivity contribution is 6.05. The Morgan fingerprint density at radius 2 is 1.78 bits per heavy atom. The number of likely N-dealkylation sites (tertiary alicyclic amines) is 1. The normalized spacial score (nSPS) is 15.4. The number of likely N-dealkylation sites (N-methyl/N-ethyl adjacent to an activating group) is 1. The first-order valence-corrected chi connectivity index (χ1v) is 14.2. The summed E-state index contributed by atoms with van der Waals surface area (Å²) in [5.74, 6) is -1.23. The molecular formula is C32H31F2N7O4. The van der Waals surface area contributed by atoms with E-state index in [0.717, 1.165) is 24.9 Å². The zero-order chi connectivity index (χ0) is 31.7. The van der Waals surface area contributed by atoms with Crippen LogP contribution >= 0.6 is 0 Å². The summed E-state index contributed by atoms with van der Waals surface area (Å²) in [4.78, 5) is 27.7. The van der Waals surface area contributed by atoms with E-state index in [2.05, 4.69) is 25.6 Å². The molecular weight excluding hydrogens is 584 g/mol.